The average Bonchev–Trinajstić information content (AvgIpc) is 2.86. The Morgan fingerprint density at radius 3 is 3.06 bits per heavy atom. The first-order chi connectivity index (χ1) is 8.15. The average molecular weight is 271 g/mol. The van der Waals surface area contributed by atoms with E-state index in [9.17, 15) is 9.59 Å². The van der Waals surface area contributed by atoms with Crippen molar-refractivity contribution in [1.82, 2.24) is 15.2 Å². The quantitative estimate of drug-likeness (QED) is 0.871. The second kappa shape index (κ2) is 5.50. The molecule has 1 aliphatic rings. The fraction of sp³-hybridized carbons (Fsp3) is 0.500. The van der Waals surface area contributed by atoms with Gasteiger partial charge in [-0.3, -0.25) is 9.59 Å². The van der Waals surface area contributed by atoms with Crippen LogP contribution in [0.25, 0.3) is 0 Å². The van der Waals surface area contributed by atoms with E-state index in [1.54, 1.807) is 4.90 Å². The van der Waals surface area contributed by atoms with Gasteiger partial charge in [0.25, 0.3) is 0 Å². The van der Waals surface area contributed by atoms with E-state index in [0.717, 1.165) is 10.7 Å². The van der Waals surface area contributed by atoms with Gasteiger partial charge in [-0.1, -0.05) is 0 Å². The Morgan fingerprint density at radius 1 is 1.65 bits per heavy atom. The Labute approximate surface area is 108 Å². The Balaban J connectivity index is 1.76. The fourth-order valence-electron chi connectivity index (χ4n) is 1.43. The lowest BCUT2D eigenvalue weighted by Gasteiger charge is -2.13. The van der Waals surface area contributed by atoms with E-state index in [4.69, 9.17) is 0 Å². The van der Waals surface area contributed by atoms with E-state index in [1.807, 2.05) is 12.3 Å². The summed E-state index contributed by atoms with van der Waals surface area (Å²) in [5.41, 5.74) is 0.963. The molecule has 0 aliphatic carbocycles. The lowest BCUT2D eigenvalue weighted by Crippen LogP contribution is -2.37. The third-order valence-electron chi connectivity index (χ3n) is 2.26. The lowest BCUT2D eigenvalue weighted by molar-refractivity contribution is -0.132. The summed E-state index contributed by atoms with van der Waals surface area (Å²) < 4.78 is 0. The number of hydrogen-bond acceptors (Lipinski definition) is 5. The molecule has 1 fully saturated rings. The molecule has 0 radical (unpaired) electrons. The first-order valence-corrected chi connectivity index (χ1v) is 7.22. The highest BCUT2D eigenvalue weighted by Crippen LogP contribution is 2.14. The van der Waals surface area contributed by atoms with Crippen LogP contribution < -0.4 is 5.32 Å². The van der Waals surface area contributed by atoms with Crippen molar-refractivity contribution in [1.29, 1.82) is 0 Å². The van der Waals surface area contributed by atoms with Crippen LogP contribution in [0.2, 0.25) is 0 Å². The molecule has 0 saturated carbocycles. The summed E-state index contributed by atoms with van der Waals surface area (Å²) in [5, 5.41) is 5.60. The largest absolute Gasteiger partial charge is 0.348 e. The number of aryl methyl sites for hydroxylation is 1. The second-order valence-electron chi connectivity index (χ2n) is 3.73. The smallest absolute Gasteiger partial charge is 0.240 e. The predicted octanol–water partition coefficient (Wildman–Crippen LogP) is 0.601. The van der Waals surface area contributed by atoms with Crippen molar-refractivity contribution in [2.24, 2.45) is 0 Å². The third kappa shape index (κ3) is 3.44. The molecule has 0 bridgehead atoms. The maximum atomic E-state index is 11.6. The minimum atomic E-state index is -0.131. The van der Waals surface area contributed by atoms with Crippen LogP contribution in [-0.4, -0.2) is 39.9 Å². The maximum Gasteiger partial charge on any atom is 0.240 e. The number of nitrogens with zero attached hydrogens (tertiary/aromatic N) is 2. The van der Waals surface area contributed by atoms with Gasteiger partial charge in [-0.25, -0.2) is 4.98 Å². The number of thioether (sulfide) groups is 1. The van der Waals surface area contributed by atoms with E-state index in [1.165, 1.54) is 23.1 Å². The van der Waals surface area contributed by atoms with Crippen molar-refractivity contribution in [3.05, 3.63) is 16.1 Å². The molecule has 0 aromatic carbocycles. The number of nitrogens with one attached hydrogen (secondary N) is 1. The van der Waals surface area contributed by atoms with Crippen molar-refractivity contribution in [2.75, 3.05) is 18.2 Å². The summed E-state index contributed by atoms with van der Waals surface area (Å²) >= 11 is 3.06. The van der Waals surface area contributed by atoms with E-state index in [2.05, 4.69) is 10.3 Å². The summed E-state index contributed by atoms with van der Waals surface area (Å²) in [4.78, 5) is 28.7. The molecule has 92 valence electrons. The van der Waals surface area contributed by atoms with Gasteiger partial charge in [0.2, 0.25) is 11.8 Å². The summed E-state index contributed by atoms with van der Waals surface area (Å²) in [6.45, 7) is 2.50. The monoisotopic (exact) mass is 271 g/mol. The SMILES string of the molecule is Cc1csc(CNC(=O)CN2CSCC2=O)n1. The maximum absolute atomic E-state index is 11.6. The Kier molecular flexibility index (Phi) is 4.01. The van der Waals surface area contributed by atoms with Gasteiger partial charge in [0.15, 0.2) is 0 Å². The number of rotatable bonds is 4. The van der Waals surface area contributed by atoms with Gasteiger partial charge in [-0.05, 0) is 6.92 Å². The summed E-state index contributed by atoms with van der Waals surface area (Å²) in [5.74, 6) is 1.01. The number of carbonyl (C=O) groups excluding carboxylic acids is 2. The molecule has 7 heteroatoms. The minimum Gasteiger partial charge on any atom is -0.348 e. The Morgan fingerprint density at radius 2 is 2.47 bits per heavy atom. The number of amides is 2. The van der Waals surface area contributed by atoms with Crippen molar-refractivity contribution < 1.29 is 9.59 Å². The molecule has 0 spiro atoms. The summed E-state index contributed by atoms with van der Waals surface area (Å²) in [6, 6.07) is 0. The number of aromatic nitrogens is 1. The Bertz CT molecular complexity index is 433. The van der Waals surface area contributed by atoms with Gasteiger partial charge < -0.3 is 10.2 Å². The molecule has 0 unspecified atom stereocenters. The van der Waals surface area contributed by atoms with Crippen LogP contribution in [0, 0.1) is 6.92 Å². The van der Waals surface area contributed by atoms with Gasteiger partial charge in [-0.15, -0.1) is 23.1 Å². The molecular weight excluding hydrogens is 258 g/mol. The van der Waals surface area contributed by atoms with Gasteiger partial charge in [0, 0.05) is 11.1 Å². The van der Waals surface area contributed by atoms with Crippen LogP contribution in [0.5, 0.6) is 0 Å². The molecule has 2 heterocycles. The van der Waals surface area contributed by atoms with Crippen molar-refractivity contribution >= 4 is 34.9 Å². The van der Waals surface area contributed by atoms with E-state index < -0.39 is 0 Å². The molecule has 1 aromatic rings. The van der Waals surface area contributed by atoms with Crippen LogP contribution in [-0.2, 0) is 16.1 Å². The zero-order valence-electron chi connectivity index (χ0n) is 9.43. The highest BCUT2D eigenvalue weighted by Gasteiger charge is 2.22. The van der Waals surface area contributed by atoms with Crippen molar-refractivity contribution in [3.8, 4) is 0 Å². The van der Waals surface area contributed by atoms with Crippen molar-refractivity contribution in [3.63, 3.8) is 0 Å². The molecule has 1 aromatic heterocycles. The standard InChI is InChI=1S/C10H13N3O2S2/c1-7-4-17-9(12-7)2-11-8(14)3-13-6-16-5-10(13)15/h4H,2-3,5-6H2,1H3,(H,11,14). The molecule has 1 N–H and O–H groups in total. The summed E-state index contributed by atoms with van der Waals surface area (Å²) in [7, 11) is 0. The molecule has 0 atom stereocenters. The zero-order valence-corrected chi connectivity index (χ0v) is 11.1. The first-order valence-electron chi connectivity index (χ1n) is 5.18. The molecule has 1 saturated heterocycles. The normalized spacial score (nSPS) is 15.4. The lowest BCUT2D eigenvalue weighted by atomic mass is 10.5. The molecule has 2 amide bonds. The topological polar surface area (TPSA) is 62.3 Å². The van der Waals surface area contributed by atoms with E-state index in [0.29, 0.717) is 18.2 Å². The number of thiazole rings is 1. The molecule has 17 heavy (non-hydrogen) atoms. The highest BCUT2D eigenvalue weighted by atomic mass is 32.2. The number of hydrogen-bond donors (Lipinski definition) is 1. The molecular formula is C10H13N3O2S2. The summed E-state index contributed by atoms with van der Waals surface area (Å²) in [6.07, 6.45) is 0. The van der Waals surface area contributed by atoms with E-state index in [-0.39, 0.29) is 18.4 Å². The van der Waals surface area contributed by atoms with Crippen LogP contribution >= 0.6 is 23.1 Å². The highest BCUT2D eigenvalue weighted by molar-refractivity contribution is 8.00. The van der Waals surface area contributed by atoms with Gasteiger partial charge >= 0.3 is 0 Å². The van der Waals surface area contributed by atoms with Gasteiger partial charge in [-0.2, -0.15) is 0 Å². The fourth-order valence-corrected chi connectivity index (χ4v) is 3.04. The first kappa shape index (κ1) is 12.4. The second-order valence-corrected chi connectivity index (χ2v) is 5.63. The minimum absolute atomic E-state index is 0.0373. The van der Waals surface area contributed by atoms with Crippen molar-refractivity contribution in [2.45, 2.75) is 13.5 Å². The van der Waals surface area contributed by atoms with Gasteiger partial charge in [0.05, 0.1) is 18.2 Å². The van der Waals surface area contributed by atoms with Crippen LogP contribution in [0.15, 0.2) is 5.38 Å². The van der Waals surface area contributed by atoms with Crippen LogP contribution in [0.1, 0.15) is 10.7 Å². The number of carbonyl (C=O) groups is 2. The molecule has 2 rings (SSSR count). The third-order valence-corrected chi connectivity index (χ3v) is 4.18. The molecule has 5 nitrogen and oxygen atoms in total. The van der Waals surface area contributed by atoms with E-state index >= 15 is 0 Å². The van der Waals surface area contributed by atoms with Gasteiger partial charge in [0.1, 0.15) is 11.6 Å². The predicted molar refractivity (Wildman–Crippen MR) is 67.7 cm³/mol. The molecule has 1 aliphatic heterocycles. The van der Waals surface area contributed by atoms with Crippen LogP contribution in [0.4, 0.5) is 0 Å². The Hall–Kier alpha value is -1.08. The zero-order chi connectivity index (χ0) is 12.3. The van der Waals surface area contributed by atoms with Crippen LogP contribution in [0.3, 0.4) is 0 Å².